The average molecular weight is 1160 g/mol. The van der Waals surface area contributed by atoms with E-state index in [0.717, 1.165) is 13.8 Å². The molecule has 4 amide bonds. The van der Waals surface area contributed by atoms with Crippen molar-refractivity contribution < 1.29 is 130 Å². The third-order valence-electron chi connectivity index (χ3n) is 13.6. The Morgan fingerprint density at radius 3 is 1.04 bits per heavy atom. The first kappa shape index (κ1) is 73.3. The van der Waals surface area contributed by atoms with Crippen LogP contribution in [0, 0.1) is 17.8 Å². The lowest BCUT2D eigenvalue weighted by molar-refractivity contribution is -0.146. The van der Waals surface area contributed by atoms with Crippen molar-refractivity contribution in [2.75, 3.05) is 65.7 Å². The summed E-state index contributed by atoms with van der Waals surface area (Å²) in [4.78, 5) is 121. The molecule has 1 heterocycles. The van der Waals surface area contributed by atoms with Gasteiger partial charge in [-0.1, -0.05) is 27.7 Å². The van der Waals surface area contributed by atoms with Crippen molar-refractivity contribution in [2.45, 2.75) is 164 Å². The van der Waals surface area contributed by atoms with Crippen LogP contribution in [-0.2, 0) is 43.2 Å². The van der Waals surface area contributed by atoms with Crippen LogP contribution in [-0.4, -0.2) is 312 Å². The van der Waals surface area contributed by atoms with Crippen molar-refractivity contribution >= 4 is 52.7 Å². The van der Waals surface area contributed by atoms with Crippen LogP contribution < -0.4 is 21.3 Å². The Hall–Kier alpha value is -4.69. The molecule has 0 aromatic heterocycles. The van der Waals surface area contributed by atoms with Crippen molar-refractivity contribution in [3.8, 4) is 0 Å². The average Bonchev–Trinajstić information content (AvgIpc) is 3.43. The SMILES string of the molecule is CCC(=O)N[C@H](C(=O)C[C@@H](C)C(=O)N[C@H](C(=O)CCCN1CCN(CC(=O)N[C@H](C(=O)C[C@@H](C)C(=O)N[C@H](C(=O)C[C@@H](C)C(=O)O)[C@@H](O)[C@H](O)[C@H](O)CO)[C@@H](O)[C@H](O)[C@H](O)CO)CC1)[C@@H](O)[C@H](O)[C@H](O)CO)[C@@H](O)[C@H](O)[C@H](O)CO. The number of nitrogens with one attached hydrogen (secondary N) is 4. The first-order chi connectivity index (χ1) is 37.3. The second-order valence-electron chi connectivity index (χ2n) is 20.1. The van der Waals surface area contributed by atoms with Gasteiger partial charge >= 0.3 is 5.97 Å². The van der Waals surface area contributed by atoms with Crippen molar-refractivity contribution in [1.29, 1.82) is 0 Å². The van der Waals surface area contributed by atoms with Crippen LogP contribution in [0.1, 0.15) is 66.2 Å². The molecule has 32 heteroatoms. The van der Waals surface area contributed by atoms with Crippen molar-refractivity contribution in [3.63, 3.8) is 0 Å². The minimum atomic E-state index is -2.31. The summed E-state index contributed by atoms with van der Waals surface area (Å²) in [6.45, 7) is 1.15. The van der Waals surface area contributed by atoms with Gasteiger partial charge in [-0.2, -0.15) is 0 Å². The molecule has 19 atom stereocenters. The molecule has 0 unspecified atom stereocenters. The van der Waals surface area contributed by atoms with Crippen LogP contribution in [0.4, 0.5) is 0 Å². The first-order valence-electron chi connectivity index (χ1n) is 25.9. The van der Waals surface area contributed by atoms with Gasteiger partial charge in [-0.05, 0) is 13.0 Å². The number of Topliss-reactive ketones (excluding diaryl/α,β-unsaturated/α-hetero) is 4. The van der Waals surface area contributed by atoms with Gasteiger partial charge < -0.3 is 113 Å². The normalized spacial score (nSPS) is 20.6. The van der Waals surface area contributed by atoms with E-state index < -0.39 is 220 Å². The zero-order valence-electron chi connectivity index (χ0n) is 45.0. The van der Waals surface area contributed by atoms with Crippen LogP contribution >= 0.6 is 0 Å². The molecule has 0 aromatic carbocycles. The fourth-order valence-electron chi connectivity index (χ4n) is 8.21. The van der Waals surface area contributed by atoms with Crippen LogP contribution in [0.2, 0.25) is 0 Å². The van der Waals surface area contributed by atoms with Crippen LogP contribution in [0.25, 0.3) is 0 Å². The number of rotatable bonds is 40. The van der Waals surface area contributed by atoms with Gasteiger partial charge in [0.1, 0.15) is 97.4 Å². The number of carbonyl (C=O) groups is 9. The standard InChI is InChI=1S/C48H84N6O26/c1-5-32(67)49-35(43(74)39(70)29(64)18-56)25(60)13-21(2)46(77)51-34(42(73)38(69)28(63)17-55)24(59)7-6-8-53-9-11-54(12-10-53)16-33(68)50-36(44(75)40(71)30(65)19-57)26(61)14-22(3)47(78)52-37(27(62)15-23(4)48(79)80)45(76)41(72)31(66)20-58/h21-23,28-31,34-45,55-58,63-66,69-76H,5-20H2,1-4H3,(H,49,67)(H,50,68)(H,51,77)(H,52,78)(H,79,80)/t21-,22-,23-,28-,29-,30-,31-,34-,35-,36-,37-,38-,39-,40-,41-,42-,43-,44-,45-/m1/s1. The van der Waals surface area contributed by atoms with E-state index in [2.05, 4.69) is 21.3 Å². The Morgan fingerprint density at radius 1 is 0.412 bits per heavy atom. The summed E-state index contributed by atoms with van der Waals surface area (Å²) in [5.74, 6) is -13.8. The molecule has 80 heavy (non-hydrogen) atoms. The van der Waals surface area contributed by atoms with Gasteiger partial charge in [0.2, 0.25) is 23.6 Å². The van der Waals surface area contributed by atoms with Gasteiger partial charge in [0, 0.05) is 70.1 Å². The third-order valence-corrected chi connectivity index (χ3v) is 13.6. The highest BCUT2D eigenvalue weighted by Gasteiger charge is 2.43. The topological polar surface area (TPSA) is 552 Å². The van der Waals surface area contributed by atoms with Gasteiger partial charge in [0.25, 0.3) is 0 Å². The molecule has 21 N–H and O–H groups in total. The molecule has 1 aliphatic heterocycles. The molecule has 1 rings (SSSR count). The fourth-order valence-corrected chi connectivity index (χ4v) is 8.21. The number of ketones is 4. The molecule has 0 bridgehead atoms. The molecule has 0 spiro atoms. The monoisotopic (exact) mass is 1160 g/mol. The van der Waals surface area contributed by atoms with E-state index in [1.807, 2.05) is 4.90 Å². The Bertz CT molecular complexity index is 2000. The smallest absolute Gasteiger partial charge is 0.306 e. The molecule has 0 aliphatic carbocycles. The number of carbonyl (C=O) groups excluding carboxylic acids is 8. The lowest BCUT2D eigenvalue weighted by Crippen LogP contribution is -2.59. The summed E-state index contributed by atoms with van der Waals surface area (Å²) in [5, 5.41) is 180. The molecule has 0 saturated carbocycles. The van der Waals surface area contributed by atoms with Crippen molar-refractivity contribution in [3.05, 3.63) is 0 Å². The molecule has 1 aliphatic rings. The zero-order valence-corrected chi connectivity index (χ0v) is 45.0. The fraction of sp³-hybridized carbons (Fsp3) is 0.812. The summed E-state index contributed by atoms with van der Waals surface area (Å²) < 4.78 is 0. The van der Waals surface area contributed by atoms with Gasteiger partial charge in [-0.15, -0.1) is 0 Å². The number of aliphatic hydroxyl groups is 16. The van der Waals surface area contributed by atoms with E-state index in [1.165, 1.54) is 13.8 Å². The van der Waals surface area contributed by atoms with E-state index in [9.17, 15) is 130 Å². The maximum absolute atomic E-state index is 13.7. The maximum atomic E-state index is 13.7. The predicted molar refractivity (Wildman–Crippen MR) is 270 cm³/mol. The quantitative estimate of drug-likeness (QED) is 0.0271. The Balaban J connectivity index is 3.12. The molecule has 32 nitrogen and oxygen atoms in total. The number of nitrogens with zero attached hydrogens (tertiary/aromatic N) is 2. The molecule has 0 aromatic rings. The van der Waals surface area contributed by atoms with Gasteiger partial charge in [0.15, 0.2) is 23.1 Å². The lowest BCUT2D eigenvalue weighted by Gasteiger charge is -2.35. The van der Waals surface area contributed by atoms with Gasteiger partial charge in [-0.3, -0.25) is 48.1 Å². The number of aliphatic carboxylic acids is 1. The van der Waals surface area contributed by atoms with Gasteiger partial charge in [-0.25, -0.2) is 0 Å². The van der Waals surface area contributed by atoms with E-state index in [-0.39, 0.29) is 52.0 Å². The Labute approximate surface area is 460 Å². The zero-order chi connectivity index (χ0) is 61.5. The molecular weight excluding hydrogens is 1080 g/mol. The highest BCUT2D eigenvalue weighted by Crippen LogP contribution is 2.19. The number of hydrogen-bond acceptors (Lipinski definition) is 27. The summed E-state index contributed by atoms with van der Waals surface area (Å²) >= 11 is 0. The van der Waals surface area contributed by atoms with Crippen LogP contribution in [0.15, 0.2) is 0 Å². The maximum Gasteiger partial charge on any atom is 0.306 e. The lowest BCUT2D eigenvalue weighted by atomic mass is 9.90. The van der Waals surface area contributed by atoms with E-state index in [4.69, 9.17) is 0 Å². The summed E-state index contributed by atoms with van der Waals surface area (Å²) in [6.07, 6.45) is -28.7. The molecule has 0 radical (unpaired) electrons. The Kier molecular flexibility index (Phi) is 33.0. The number of aliphatic hydroxyl groups excluding tert-OH is 16. The number of amides is 4. The number of piperazine rings is 1. The minimum absolute atomic E-state index is 0.0558. The first-order valence-corrected chi connectivity index (χ1v) is 25.9. The number of carboxylic acids is 1. The van der Waals surface area contributed by atoms with E-state index >= 15 is 0 Å². The Morgan fingerprint density at radius 2 is 0.713 bits per heavy atom. The number of carboxylic acid groups (broad SMARTS) is 1. The van der Waals surface area contributed by atoms with E-state index in [1.54, 1.807) is 4.90 Å². The molecule has 1 fully saturated rings. The highest BCUT2D eigenvalue weighted by molar-refractivity contribution is 5.96. The minimum Gasteiger partial charge on any atom is -0.481 e. The van der Waals surface area contributed by atoms with Crippen molar-refractivity contribution in [2.24, 2.45) is 17.8 Å². The van der Waals surface area contributed by atoms with Crippen molar-refractivity contribution in [1.82, 2.24) is 31.1 Å². The van der Waals surface area contributed by atoms with Crippen LogP contribution in [0.5, 0.6) is 0 Å². The summed E-state index contributed by atoms with van der Waals surface area (Å²) in [6, 6.07) is -7.96. The summed E-state index contributed by atoms with van der Waals surface area (Å²) in [5.41, 5.74) is 0. The van der Waals surface area contributed by atoms with Gasteiger partial charge in [0.05, 0.1) is 38.9 Å². The second kappa shape index (κ2) is 36.0. The summed E-state index contributed by atoms with van der Waals surface area (Å²) in [7, 11) is 0. The highest BCUT2D eigenvalue weighted by atomic mass is 16.4. The largest absolute Gasteiger partial charge is 0.481 e. The van der Waals surface area contributed by atoms with Crippen LogP contribution in [0.3, 0.4) is 0 Å². The third kappa shape index (κ3) is 22.9. The molecule has 1 saturated heterocycles. The predicted octanol–water partition coefficient (Wildman–Crippen LogP) is -11.5. The molecular formula is C48H84N6O26. The van der Waals surface area contributed by atoms with E-state index in [0.29, 0.717) is 0 Å². The molecule has 462 valence electrons. The number of hydrogen-bond donors (Lipinski definition) is 21. The second-order valence-corrected chi connectivity index (χ2v) is 20.1.